The van der Waals surface area contributed by atoms with E-state index in [1.807, 2.05) is 11.8 Å². The Morgan fingerprint density at radius 3 is 3.00 bits per heavy atom. The second-order valence-electron chi connectivity index (χ2n) is 2.67. The standard InChI is InChI=1S/C8H16OS/c1-2-3-4-5-8-9-6-7-10-8/h8H,2-7H2,1H3. The average Bonchev–Trinajstić information content (AvgIpc) is 2.41. The van der Waals surface area contributed by atoms with E-state index in [0.717, 1.165) is 6.61 Å². The molecule has 0 aromatic heterocycles. The maximum atomic E-state index is 5.46. The Bertz CT molecular complexity index is 79.3. The van der Waals surface area contributed by atoms with Gasteiger partial charge in [0.15, 0.2) is 0 Å². The summed E-state index contributed by atoms with van der Waals surface area (Å²) in [4.78, 5) is 0. The molecular weight excluding hydrogens is 144 g/mol. The molecule has 0 aliphatic carbocycles. The number of ether oxygens (including phenoxy) is 1. The molecular formula is C8H16OS. The third-order valence-electron chi connectivity index (χ3n) is 1.73. The normalized spacial score (nSPS) is 25.5. The van der Waals surface area contributed by atoms with E-state index in [-0.39, 0.29) is 0 Å². The molecule has 2 heteroatoms. The van der Waals surface area contributed by atoms with Gasteiger partial charge in [-0.05, 0) is 6.42 Å². The van der Waals surface area contributed by atoms with E-state index in [4.69, 9.17) is 4.74 Å². The third kappa shape index (κ3) is 2.93. The molecule has 1 aliphatic rings. The van der Waals surface area contributed by atoms with Gasteiger partial charge in [0.25, 0.3) is 0 Å². The third-order valence-corrected chi connectivity index (χ3v) is 2.88. The van der Waals surface area contributed by atoms with Crippen LogP contribution in [0.4, 0.5) is 0 Å². The molecule has 1 unspecified atom stereocenters. The van der Waals surface area contributed by atoms with E-state index in [9.17, 15) is 0 Å². The van der Waals surface area contributed by atoms with Gasteiger partial charge in [0.2, 0.25) is 0 Å². The van der Waals surface area contributed by atoms with Gasteiger partial charge in [-0.15, -0.1) is 11.8 Å². The average molecular weight is 160 g/mol. The molecule has 1 atom stereocenters. The minimum Gasteiger partial charge on any atom is -0.367 e. The maximum Gasteiger partial charge on any atom is 0.103 e. The molecule has 1 saturated heterocycles. The molecule has 60 valence electrons. The van der Waals surface area contributed by atoms with Crippen molar-refractivity contribution in [3.63, 3.8) is 0 Å². The summed E-state index contributed by atoms with van der Waals surface area (Å²) in [5.74, 6) is 1.21. The summed E-state index contributed by atoms with van der Waals surface area (Å²) in [6.07, 6.45) is 5.28. The minimum atomic E-state index is 0.534. The number of rotatable bonds is 4. The van der Waals surface area contributed by atoms with Gasteiger partial charge in [0.1, 0.15) is 5.44 Å². The SMILES string of the molecule is CCCCCC1OCCS1. The van der Waals surface area contributed by atoms with Crippen LogP contribution < -0.4 is 0 Å². The van der Waals surface area contributed by atoms with Gasteiger partial charge in [0.05, 0.1) is 6.61 Å². The zero-order valence-corrected chi connectivity index (χ0v) is 7.45. The van der Waals surface area contributed by atoms with Gasteiger partial charge in [-0.25, -0.2) is 0 Å². The lowest BCUT2D eigenvalue weighted by molar-refractivity contribution is 0.135. The first-order valence-electron chi connectivity index (χ1n) is 4.16. The van der Waals surface area contributed by atoms with Crippen LogP contribution in [0.15, 0.2) is 0 Å². The fourth-order valence-electron chi connectivity index (χ4n) is 1.13. The highest BCUT2D eigenvalue weighted by molar-refractivity contribution is 7.99. The molecule has 1 aliphatic heterocycles. The number of unbranched alkanes of at least 4 members (excludes halogenated alkanes) is 2. The summed E-state index contributed by atoms with van der Waals surface area (Å²) in [5, 5.41) is 0. The van der Waals surface area contributed by atoms with Crippen LogP contribution >= 0.6 is 11.8 Å². The van der Waals surface area contributed by atoms with Crippen LogP contribution in [0, 0.1) is 0 Å². The molecule has 0 spiro atoms. The Kier molecular flexibility index (Phi) is 4.23. The van der Waals surface area contributed by atoms with Crippen molar-refractivity contribution in [2.24, 2.45) is 0 Å². The molecule has 1 heterocycles. The quantitative estimate of drug-likeness (QED) is 0.585. The molecule has 0 aromatic rings. The number of thioether (sulfide) groups is 1. The zero-order valence-electron chi connectivity index (χ0n) is 6.64. The minimum absolute atomic E-state index is 0.534. The van der Waals surface area contributed by atoms with Crippen molar-refractivity contribution < 1.29 is 4.74 Å². The van der Waals surface area contributed by atoms with Gasteiger partial charge in [-0.2, -0.15) is 0 Å². The van der Waals surface area contributed by atoms with Gasteiger partial charge >= 0.3 is 0 Å². The van der Waals surface area contributed by atoms with Crippen molar-refractivity contribution in [3.05, 3.63) is 0 Å². The number of hydrogen-bond acceptors (Lipinski definition) is 2. The monoisotopic (exact) mass is 160 g/mol. The maximum absolute atomic E-state index is 5.46. The number of hydrogen-bond donors (Lipinski definition) is 0. The highest BCUT2D eigenvalue weighted by Gasteiger charge is 2.14. The van der Waals surface area contributed by atoms with Gasteiger partial charge in [-0.3, -0.25) is 0 Å². The lowest BCUT2D eigenvalue weighted by atomic mass is 10.2. The van der Waals surface area contributed by atoms with Gasteiger partial charge in [-0.1, -0.05) is 26.2 Å². The molecule has 0 amide bonds. The lowest BCUT2D eigenvalue weighted by Crippen LogP contribution is -1.99. The first-order valence-corrected chi connectivity index (χ1v) is 5.21. The topological polar surface area (TPSA) is 9.23 Å². The molecule has 1 nitrogen and oxygen atoms in total. The first-order chi connectivity index (χ1) is 4.93. The van der Waals surface area contributed by atoms with Crippen molar-refractivity contribution >= 4 is 11.8 Å². The molecule has 0 N–H and O–H groups in total. The predicted molar refractivity (Wildman–Crippen MR) is 46.3 cm³/mol. The smallest absolute Gasteiger partial charge is 0.103 e. The first kappa shape index (κ1) is 8.41. The van der Waals surface area contributed by atoms with Crippen LogP contribution in [0.25, 0.3) is 0 Å². The van der Waals surface area contributed by atoms with Crippen molar-refractivity contribution in [2.45, 2.75) is 38.0 Å². The van der Waals surface area contributed by atoms with Crippen LogP contribution in [-0.4, -0.2) is 17.8 Å². The zero-order chi connectivity index (χ0) is 7.23. The van der Waals surface area contributed by atoms with E-state index >= 15 is 0 Å². The van der Waals surface area contributed by atoms with Crippen LogP contribution in [0.2, 0.25) is 0 Å². The molecule has 1 fully saturated rings. The Hall–Kier alpha value is 0.310. The molecule has 0 saturated carbocycles. The molecule has 0 radical (unpaired) electrons. The highest BCUT2D eigenvalue weighted by atomic mass is 32.2. The van der Waals surface area contributed by atoms with Crippen LogP contribution in [0.3, 0.4) is 0 Å². The van der Waals surface area contributed by atoms with E-state index in [1.165, 1.54) is 31.4 Å². The van der Waals surface area contributed by atoms with Crippen molar-refractivity contribution in [1.29, 1.82) is 0 Å². The van der Waals surface area contributed by atoms with E-state index in [2.05, 4.69) is 6.92 Å². The van der Waals surface area contributed by atoms with E-state index in [1.54, 1.807) is 0 Å². The van der Waals surface area contributed by atoms with E-state index in [0.29, 0.717) is 5.44 Å². The van der Waals surface area contributed by atoms with Crippen LogP contribution in [0.5, 0.6) is 0 Å². The lowest BCUT2D eigenvalue weighted by Gasteiger charge is -2.06. The molecule has 0 bridgehead atoms. The Morgan fingerprint density at radius 1 is 1.50 bits per heavy atom. The Balaban J connectivity index is 1.91. The summed E-state index contributed by atoms with van der Waals surface area (Å²) >= 11 is 1.97. The summed E-state index contributed by atoms with van der Waals surface area (Å²) in [6, 6.07) is 0. The summed E-state index contributed by atoms with van der Waals surface area (Å²) in [5.41, 5.74) is 0.534. The fourth-order valence-corrected chi connectivity index (χ4v) is 2.12. The predicted octanol–water partition coefficient (Wildman–Crippen LogP) is 2.66. The Labute approximate surface area is 67.5 Å². The molecule has 10 heavy (non-hydrogen) atoms. The van der Waals surface area contributed by atoms with Gasteiger partial charge < -0.3 is 4.74 Å². The largest absolute Gasteiger partial charge is 0.367 e. The highest BCUT2D eigenvalue weighted by Crippen LogP contribution is 2.24. The second kappa shape index (κ2) is 5.03. The van der Waals surface area contributed by atoms with Crippen molar-refractivity contribution in [1.82, 2.24) is 0 Å². The van der Waals surface area contributed by atoms with E-state index < -0.39 is 0 Å². The van der Waals surface area contributed by atoms with Crippen molar-refractivity contribution in [3.8, 4) is 0 Å². The Morgan fingerprint density at radius 2 is 2.40 bits per heavy atom. The van der Waals surface area contributed by atoms with Gasteiger partial charge in [0, 0.05) is 5.75 Å². The summed E-state index contributed by atoms with van der Waals surface area (Å²) in [6.45, 7) is 3.21. The summed E-state index contributed by atoms with van der Waals surface area (Å²) < 4.78 is 5.46. The van der Waals surface area contributed by atoms with Crippen LogP contribution in [0.1, 0.15) is 32.6 Å². The molecule has 1 rings (SSSR count). The fraction of sp³-hybridized carbons (Fsp3) is 1.00. The van der Waals surface area contributed by atoms with Crippen LogP contribution in [-0.2, 0) is 4.74 Å². The summed E-state index contributed by atoms with van der Waals surface area (Å²) in [7, 11) is 0. The second-order valence-corrected chi connectivity index (χ2v) is 3.93. The van der Waals surface area contributed by atoms with Crippen molar-refractivity contribution in [2.75, 3.05) is 12.4 Å². The molecule has 0 aromatic carbocycles.